The van der Waals surface area contributed by atoms with Gasteiger partial charge in [0, 0.05) is 24.7 Å². The number of nitrogen functional groups attached to an aromatic ring is 1. The Labute approximate surface area is 125 Å². The summed E-state index contributed by atoms with van der Waals surface area (Å²) in [7, 11) is 2.24. The van der Waals surface area contributed by atoms with E-state index < -0.39 is 0 Å². The Morgan fingerprint density at radius 3 is 3.14 bits per heavy atom. The summed E-state index contributed by atoms with van der Waals surface area (Å²) >= 11 is 0. The Kier molecular flexibility index (Phi) is 4.28. The second kappa shape index (κ2) is 6.17. The average molecular weight is 292 g/mol. The van der Waals surface area contributed by atoms with Crippen LogP contribution in [0.5, 0.6) is 0 Å². The monoisotopic (exact) mass is 292 g/mol. The Bertz CT molecular complexity index is 502. The Balaban J connectivity index is 1.64. The lowest BCUT2D eigenvalue weighted by molar-refractivity contribution is 0.0352. The molecule has 21 heavy (non-hydrogen) atoms. The minimum atomic E-state index is -0.359. The van der Waals surface area contributed by atoms with E-state index in [4.69, 9.17) is 10.3 Å². The van der Waals surface area contributed by atoms with Gasteiger partial charge in [0.1, 0.15) is 0 Å². The molecule has 2 aliphatic heterocycles. The summed E-state index contributed by atoms with van der Waals surface area (Å²) in [6, 6.07) is 2.59. The Morgan fingerprint density at radius 2 is 2.33 bits per heavy atom. The van der Waals surface area contributed by atoms with Crippen molar-refractivity contribution in [3.8, 4) is 0 Å². The van der Waals surface area contributed by atoms with E-state index in [-0.39, 0.29) is 5.91 Å². The number of carbonyl (C=O) groups excluding carboxylic acids is 1. The maximum Gasteiger partial charge on any atom is 0.301 e. The van der Waals surface area contributed by atoms with E-state index in [0.717, 1.165) is 37.2 Å². The number of nitrogens with zero attached hydrogens (tertiary/aromatic N) is 2. The number of hydrazine groups is 1. The van der Waals surface area contributed by atoms with Crippen molar-refractivity contribution in [3.05, 3.63) is 23.7 Å². The number of hydrogen-bond donors (Lipinski definition) is 2. The topological polar surface area (TPSA) is 74.7 Å². The van der Waals surface area contributed by atoms with Crippen LogP contribution in [0.25, 0.3) is 0 Å². The van der Waals surface area contributed by atoms with Gasteiger partial charge in [0.05, 0.1) is 6.26 Å². The van der Waals surface area contributed by atoms with Gasteiger partial charge in [-0.25, -0.2) is 5.84 Å². The minimum Gasteiger partial charge on any atom is -0.459 e. The molecule has 0 saturated carbocycles. The molecule has 1 amide bonds. The van der Waals surface area contributed by atoms with E-state index >= 15 is 0 Å². The van der Waals surface area contributed by atoms with Crippen LogP contribution in [0.4, 0.5) is 0 Å². The quantitative estimate of drug-likeness (QED) is 0.490. The summed E-state index contributed by atoms with van der Waals surface area (Å²) < 4.78 is 5.26. The standard InChI is InChI=1S/C15H24N4O2/c1-18-6-2-3-11-9-19(7-4-13(11)18)10-12-5-8-21-14(12)15(20)17-16/h5,8,11,13H,2-4,6-7,9-10,16H2,1H3,(H,17,20). The van der Waals surface area contributed by atoms with Gasteiger partial charge < -0.3 is 9.32 Å². The molecule has 2 fully saturated rings. The molecule has 1 aromatic rings. The highest BCUT2D eigenvalue weighted by molar-refractivity contribution is 5.92. The molecular formula is C15H24N4O2. The molecule has 3 rings (SSSR count). The van der Waals surface area contributed by atoms with Crippen LogP contribution in [0.1, 0.15) is 35.4 Å². The SMILES string of the molecule is CN1CCCC2CN(Cc3ccoc3C(=O)NN)CCC21. The predicted octanol–water partition coefficient (Wildman–Crippen LogP) is 0.799. The van der Waals surface area contributed by atoms with Crippen molar-refractivity contribution in [2.75, 3.05) is 26.7 Å². The summed E-state index contributed by atoms with van der Waals surface area (Å²) in [5.74, 6) is 5.91. The second-order valence-corrected chi connectivity index (χ2v) is 6.22. The number of hydrogen-bond acceptors (Lipinski definition) is 5. The van der Waals surface area contributed by atoms with Gasteiger partial charge >= 0.3 is 5.91 Å². The van der Waals surface area contributed by atoms with E-state index in [0.29, 0.717) is 5.76 Å². The van der Waals surface area contributed by atoms with Crippen LogP contribution in [0, 0.1) is 5.92 Å². The van der Waals surface area contributed by atoms with Crippen molar-refractivity contribution in [1.82, 2.24) is 15.2 Å². The lowest BCUT2D eigenvalue weighted by Crippen LogP contribution is -2.52. The summed E-state index contributed by atoms with van der Waals surface area (Å²) in [6.07, 6.45) is 5.36. The highest BCUT2D eigenvalue weighted by atomic mass is 16.3. The van der Waals surface area contributed by atoms with Crippen molar-refractivity contribution >= 4 is 5.91 Å². The lowest BCUT2D eigenvalue weighted by Gasteiger charge is -2.46. The van der Waals surface area contributed by atoms with Crippen molar-refractivity contribution in [2.45, 2.75) is 31.8 Å². The molecule has 2 aliphatic rings. The molecular weight excluding hydrogens is 268 g/mol. The van der Waals surface area contributed by atoms with E-state index in [1.807, 2.05) is 6.07 Å². The number of nitrogens with one attached hydrogen (secondary N) is 1. The number of amides is 1. The molecule has 6 heteroatoms. The average Bonchev–Trinajstić information content (AvgIpc) is 2.95. The highest BCUT2D eigenvalue weighted by Gasteiger charge is 2.34. The first-order valence-electron chi connectivity index (χ1n) is 7.69. The zero-order valence-corrected chi connectivity index (χ0v) is 12.5. The van der Waals surface area contributed by atoms with Gasteiger partial charge in [0.15, 0.2) is 5.76 Å². The fourth-order valence-corrected chi connectivity index (χ4v) is 3.84. The summed E-state index contributed by atoms with van der Waals surface area (Å²) in [5, 5.41) is 0. The first-order valence-corrected chi connectivity index (χ1v) is 7.69. The second-order valence-electron chi connectivity index (χ2n) is 6.22. The molecule has 116 valence electrons. The zero-order valence-electron chi connectivity index (χ0n) is 12.5. The molecule has 2 atom stereocenters. The predicted molar refractivity (Wildman–Crippen MR) is 79.4 cm³/mol. The third kappa shape index (κ3) is 2.97. The number of piperidine rings is 2. The lowest BCUT2D eigenvalue weighted by atomic mass is 9.84. The number of rotatable bonds is 3. The molecule has 0 aliphatic carbocycles. The summed E-state index contributed by atoms with van der Waals surface area (Å²) in [5.41, 5.74) is 3.06. The molecule has 3 N–H and O–H groups in total. The van der Waals surface area contributed by atoms with Crippen LogP contribution in [-0.4, -0.2) is 48.4 Å². The number of carbonyl (C=O) groups is 1. The smallest absolute Gasteiger partial charge is 0.301 e. The van der Waals surface area contributed by atoms with Gasteiger partial charge in [-0.15, -0.1) is 0 Å². The summed E-state index contributed by atoms with van der Waals surface area (Å²) in [6.45, 7) is 4.15. The molecule has 0 radical (unpaired) electrons. The fourth-order valence-electron chi connectivity index (χ4n) is 3.84. The van der Waals surface area contributed by atoms with Crippen LogP contribution in [0.2, 0.25) is 0 Å². The van der Waals surface area contributed by atoms with E-state index in [1.54, 1.807) is 6.26 Å². The largest absolute Gasteiger partial charge is 0.459 e. The van der Waals surface area contributed by atoms with Crippen LogP contribution in [0.15, 0.2) is 16.7 Å². The first-order chi connectivity index (χ1) is 10.2. The third-order valence-corrected chi connectivity index (χ3v) is 4.91. The van der Waals surface area contributed by atoms with Crippen LogP contribution >= 0.6 is 0 Å². The fraction of sp³-hybridized carbons (Fsp3) is 0.667. The van der Waals surface area contributed by atoms with Crippen LogP contribution in [0.3, 0.4) is 0 Å². The van der Waals surface area contributed by atoms with Gasteiger partial charge in [-0.05, 0) is 51.4 Å². The van der Waals surface area contributed by atoms with Crippen molar-refractivity contribution in [2.24, 2.45) is 11.8 Å². The first kappa shape index (κ1) is 14.6. The summed E-state index contributed by atoms with van der Waals surface area (Å²) in [4.78, 5) is 16.6. The van der Waals surface area contributed by atoms with Crippen molar-refractivity contribution in [1.29, 1.82) is 0 Å². The molecule has 2 unspecified atom stereocenters. The number of likely N-dealkylation sites (tertiary alicyclic amines) is 2. The molecule has 6 nitrogen and oxygen atoms in total. The number of furan rings is 1. The third-order valence-electron chi connectivity index (χ3n) is 4.91. The molecule has 1 aromatic heterocycles. The molecule has 3 heterocycles. The van der Waals surface area contributed by atoms with Crippen molar-refractivity contribution < 1.29 is 9.21 Å². The molecule has 0 aromatic carbocycles. The number of nitrogens with two attached hydrogens (primary N) is 1. The van der Waals surface area contributed by atoms with Gasteiger partial charge in [0.25, 0.3) is 0 Å². The minimum absolute atomic E-state index is 0.334. The van der Waals surface area contributed by atoms with Crippen LogP contribution < -0.4 is 11.3 Å². The van der Waals surface area contributed by atoms with E-state index in [9.17, 15) is 4.79 Å². The maximum absolute atomic E-state index is 11.7. The molecule has 2 saturated heterocycles. The maximum atomic E-state index is 11.7. The van der Waals surface area contributed by atoms with E-state index in [1.165, 1.54) is 25.8 Å². The Hall–Kier alpha value is -1.37. The van der Waals surface area contributed by atoms with E-state index in [2.05, 4.69) is 22.3 Å². The number of fused-ring (bicyclic) bond motifs is 1. The van der Waals surface area contributed by atoms with Crippen molar-refractivity contribution in [3.63, 3.8) is 0 Å². The zero-order chi connectivity index (χ0) is 14.8. The highest BCUT2D eigenvalue weighted by Crippen LogP contribution is 2.30. The van der Waals surface area contributed by atoms with Gasteiger partial charge in [-0.1, -0.05) is 0 Å². The van der Waals surface area contributed by atoms with Gasteiger partial charge in [0.2, 0.25) is 0 Å². The van der Waals surface area contributed by atoms with Gasteiger partial charge in [-0.2, -0.15) is 0 Å². The molecule has 0 bridgehead atoms. The van der Waals surface area contributed by atoms with Gasteiger partial charge in [-0.3, -0.25) is 15.1 Å². The molecule has 0 spiro atoms. The Morgan fingerprint density at radius 1 is 1.48 bits per heavy atom. The normalized spacial score (nSPS) is 27.3. The van der Waals surface area contributed by atoms with Crippen LogP contribution in [-0.2, 0) is 6.54 Å².